The van der Waals surface area contributed by atoms with Gasteiger partial charge in [-0.25, -0.2) is 9.50 Å². The third-order valence-corrected chi connectivity index (χ3v) is 4.34. The largest absolute Gasteiger partial charge is 0.441 e. The minimum Gasteiger partial charge on any atom is -0.441 e. The third kappa shape index (κ3) is 3.67. The smallest absolute Gasteiger partial charge is 0.226 e. The summed E-state index contributed by atoms with van der Waals surface area (Å²) in [5.41, 5.74) is 1.87. The summed E-state index contributed by atoms with van der Waals surface area (Å²) >= 11 is 3.40. The van der Waals surface area contributed by atoms with E-state index < -0.39 is 0 Å². The van der Waals surface area contributed by atoms with Gasteiger partial charge in [-0.2, -0.15) is 0 Å². The van der Waals surface area contributed by atoms with Gasteiger partial charge in [0.25, 0.3) is 0 Å². The molecule has 6 nitrogen and oxygen atoms in total. The topological polar surface area (TPSA) is 72.4 Å². The summed E-state index contributed by atoms with van der Waals surface area (Å²) in [7, 11) is 0. The monoisotopic (exact) mass is 410 g/mol. The van der Waals surface area contributed by atoms with Crippen LogP contribution in [0.1, 0.15) is 12.3 Å². The molecule has 0 aliphatic carbocycles. The Hall–Kier alpha value is -2.93. The van der Waals surface area contributed by atoms with Gasteiger partial charge in [0.15, 0.2) is 17.5 Å². The van der Waals surface area contributed by atoms with Crippen LogP contribution in [0.5, 0.6) is 0 Å². The second-order valence-corrected chi connectivity index (χ2v) is 6.69. The van der Waals surface area contributed by atoms with Crippen molar-refractivity contribution in [1.29, 1.82) is 0 Å². The summed E-state index contributed by atoms with van der Waals surface area (Å²) in [5, 5.41) is 7.13. The van der Waals surface area contributed by atoms with Crippen molar-refractivity contribution in [1.82, 2.24) is 14.6 Å². The van der Waals surface area contributed by atoms with Gasteiger partial charge in [0.05, 0.1) is 11.7 Å². The molecule has 3 heterocycles. The normalized spacial score (nSPS) is 11.0. The number of fused-ring (bicyclic) bond motifs is 1. The first-order valence-electron chi connectivity index (χ1n) is 8.12. The zero-order valence-corrected chi connectivity index (χ0v) is 15.3. The molecule has 0 aliphatic heterocycles. The number of hydrogen-bond donors (Lipinski definition) is 1. The first-order valence-corrected chi connectivity index (χ1v) is 8.91. The van der Waals surface area contributed by atoms with Crippen molar-refractivity contribution < 1.29 is 9.21 Å². The molecular formula is C19H15BrN4O2. The van der Waals surface area contributed by atoms with E-state index in [0.29, 0.717) is 23.9 Å². The lowest BCUT2D eigenvalue weighted by Gasteiger charge is -2.00. The number of aryl methyl sites for hydroxylation is 1. The number of amides is 1. The molecule has 0 saturated heterocycles. The molecule has 0 saturated carbocycles. The average molecular weight is 411 g/mol. The van der Waals surface area contributed by atoms with Crippen molar-refractivity contribution in [2.75, 3.05) is 5.32 Å². The first kappa shape index (κ1) is 16.5. The molecular weight excluding hydrogens is 396 g/mol. The molecule has 3 aromatic heterocycles. The number of carbonyl (C=O) groups excluding carboxylic acids is 1. The number of nitrogens with zero attached hydrogens (tertiary/aromatic N) is 3. The van der Waals surface area contributed by atoms with E-state index in [1.165, 1.54) is 0 Å². The molecule has 1 amide bonds. The van der Waals surface area contributed by atoms with Crippen LogP contribution in [0.4, 0.5) is 5.82 Å². The fourth-order valence-electron chi connectivity index (χ4n) is 2.61. The van der Waals surface area contributed by atoms with Gasteiger partial charge in [0.2, 0.25) is 5.91 Å². The maximum Gasteiger partial charge on any atom is 0.226 e. The van der Waals surface area contributed by atoms with E-state index in [9.17, 15) is 4.79 Å². The summed E-state index contributed by atoms with van der Waals surface area (Å²) in [6.07, 6.45) is 4.22. The highest BCUT2D eigenvalue weighted by Gasteiger charge is 2.10. The lowest BCUT2D eigenvalue weighted by atomic mass is 10.2. The quantitative estimate of drug-likeness (QED) is 0.531. The molecule has 0 radical (unpaired) electrons. The predicted octanol–water partition coefficient (Wildman–Crippen LogP) is 4.32. The molecule has 0 aliphatic rings. The zero-order valence-electron chi connectivity index (χ0n) is 13.7. The minimum atomic E-state index is -0.132. The van der Waals surface area contributed by atoms with Crippen molar-refractivity contribution in [3.05, 3.63) is 71.3 Å². The average Bonchev–Trinajstić information content (AvgIpc) is 3.27. The summed E-state index contributed by atoms with van der Waals surface area (Å²) < 4.78 is 8.34. The Bertz CT molecular complexity index is 1060. The lowest BCUT2D eigenvalue weighted by Crippen LogP contribution is -2.12. The highest BCUT2D eigenvalue weighted by molar-refractivity contribution is 9.10. The second kappa shape index (κ2) is 7.13. The molecule has 26 heavy (non-hydrogen) atoms. The van der Waals surface area contributed by atoms with Gasteiger partial charge in [-0.3, -0.25) is 4.79 Å². The summed E-state index contributed by atoms with van der Waals surface area (Å²) in [6, 6.07) is 15.4. The molecule has 0 atom stereocenters. The van der Waals surface area contributed by atoms with E-state index in [1.807, 2.05) is 54.7 Å². The van der Waals surface area contributed by atoms with Crippen molar-refractivity contribution in [3.8, 4) is 11.3 Å². The number of halogens is 1. The van der Waals surface area contributed by atoms with Crippen LogP contribution in [0.3, 0.4) is 0 Å². The third-order valence-electron chi connectivity index (χ3n) is 3.87. The summed E-state index contributed by atoms with van der Waals surface area (Å²) in [4.78, 5) is 16.4. The van der Waals surface area contributed by atoms with Crippen molar-refractivity contribution in [2.45, 2.75) is 12.8 Å². The van der Waals surface area contributed by atoms with E-state index in [-0.39, 0.29) is 12.3 Å². The molecule has 1 aromatic carbocycles. The Labute approximate surface area is 158 Å². The van der Waals surface area contributed by atoms with Crippen LogP contribution in [-0.2, 0) is 11.2 Å². The Kier molecular flexibility index (Phi) is 4.53. The summed E-state index contributed by atoms with van der Waals surface area (Å²) in [5.74, 6) is 1.63. The molecule has 0 bridgehead atoms. The maximum absolute atomic E-state index is 12.2. The van der Waals surface area contributed by atoms with Gasteiger partial charge in [-0.05, 0) is 28.1 Å². The van der Waals surface area contributed by atoms with Crippen molar-refractivity contribution in [2.24, 2.45) is 0 Å². The van der Waals surface area contributed by atoms with E-state index >= 15 is 0 Å². The highest BCUT2D eigenvalue weighted by Crippen LogP contribution is 2.20. The predicted molar refractivity (Wildman–Crippen MR) is 102 cm³/mol. The van der Waals surface area contributed by atoms with Gasteiger partial charge >= 0.3 is 0 Å². The molecule has 7 heteroatoms. The number of anilines is 1. The summed E-state index contributed by atoms with van der Waals surface area (Å²) in [6.45, 7) is 0. The number of rotatable bonds is 5. The van der Waals surface area contributed by atoms with Gasteiger partial charge in [-0.1, -0.05) is 30.3 Å². The van der Waals surface area contributed by atoms with Crippen LogP contribution in [0.2, 0.25) is 0 Å². The number of nitrogens with one attached hydrogen (secondary N) is 1. The van der Waals surface area contributed by atoms with Gasteiger partial charge in [0.1, 0.15) is 0 Å². The fourth-order valence-corrected chi connectivity index (χ4v) is 2.94. The Morgan fingerprint density at radius 2 is 2.04 bits per heavy atom. The van der Waals surface area contributed by atoms with Crippen LogP contribution in [0.15, 0.2) is 69.8 Å². The zero-order chi connectivity index (χ0) is 17.9. The van der Waals surface area contributed by atoms with E-state index in [4.69, 9.17) is 4.42 Å². The van der Waals surface area contributed by atoms with Gasteiger partial charge in [0, 0.05) is 35.1 Å². The number of hydrogen-bond acceptors (Lipinski definition) is 4. The molecule has 4 aromatic rings. The van der Waals surface area contributed by atoms with Crippen molar-refractivity contribution in [3.63, 3.8) is 0 Å². The van der Waals surface area contributed by atoms with Gasteiger partial charge in [-0.15, -0.1) is 5.10 Å². The molecule has 130 valence electrons. The Morgan fingerprint density at radius 3 is 2.88 bits per heavy atom. The molecule has 0 fully saturated rings. The van der Waals surface area contributed by atoms with E-state index in [1.54, 1.807) is 10.7 Å². The fraction of sp³-hybridized carbons (Fsp3) is 0.105. The van der Waals surface area contributed by atoms with E-state index in [2.05, 4.69) is 31.3 Å². The van der Waals surface area contributed by atoms with Gasteiger partial charge < -0.3 is 9.73 Å². The van der Waals surface area contributed by atoms with Crippen LogP contribution in [-0.4, -0.2) is 20.5 Å². The standard InChI is InChI=1S/C19H15BrN4O2/c20-14-6-7-15-10-17(23-24(15)12-14)22-18(25)8-9-19-21-11-16(26-19)13-4-2-1-3-5-13/h1-7,10-12H,8-9H2,(H,22,23,25). The Morgan fingerprint density at radius 1 is 1.19 bits per heavy atom. The number of carbonyl (C=O) groups is 1. The first-order chi connectivity index (χ1) is 12.7. The van der Waals surface area contributed by atoms with E-state index in [0.717, 1.165) is 15.6 Å². The Balaban J connectivity index is 1.37. The number of pyridine rings is 1. The second-order valence-electron chi connectivity index (χ2n) is 5.78. The minimum absolute atomic E-state index is 0.132. The van der Waals surface area contributed by atoms with Crippen molar-refractivity contribution >= 4 is 33.2 Å². The molecule has 0 spiro atoms. The number of oxazole rings is 1. The molecule has 0 unspecified atom stereocenters. The lowest BCUT2D eigenvalue weighted by molar-refractivity contribution is -0.116. The van der Waals surface area contributed by atoms with Crippen LogP contribution in [0.25, 0.3) is 16.8 Å². The number of aromatic nitrogens is 3. The molecule has 4 rings (SSSR count). The van der Waals surface area contributed by atoms with Crippen LogP contribution >= 0.6 is 15.9 Å². The number of benzene rings is 1. The SMILES string of the molecule is O=C(CCc1ncc(-c2ccccc2)o1)Nc1cc2ccc(Br)cn2n1. The highest BCUT2D eigenvalue weighted by atomic mass is 79.9. The van der Waals surface area contributed by atoms with Crippen LogP contribution in [0, 0.1) is 0 Å². The molecule has 1 N–H and O–H groups in total. The maximum atomic E-state index is 12.2. The van der Waals surface area contributed by atoms with Crippen LogP contribution < -0.4 is 5.32 Å².